The molecule has 126 valence electrons. The van der Waals surface area contributed by atoms with Gasteiger partial charge in [-0.05, 0) is 37.0 Å². The van der Waals surface area contributed by atoms with Crippen molar-refractivity contribution in [3.8, 4) is 0 Å². The van der Waals surface area contributed by atoms with Gasteiger partial charge in [0.25, 0.3) is 0 Å². The first-order chi connectivity index (χ1) is 11.1. The number of guanidine groups is 1. The fraction of sp³-hybridized carbons (Fsp3) is 0.588. The third kappa shape index (κ3) is 4.94. The number of hydrogen-bond acceptors (Lipinski definition) is 3. The molecule has 6 nitrogen and oxygen atoms in total. The Bertz CT molecular complexity index is 558. The molecular formula is C17H27N5O. The number of likely N-dealkylation sites (tertiary alicyclic amines) is 1. The van der Waals surface area contributed by atoms with E-state index in [2.05, 4.69) is 33.6 Å². The number of pyridine rings is 1. The first kappa shape index (κ1) is 17.2. The van der Waals surface area contributed by atoms with E-state index in [1.54, 1.807) is 7.05 Å². The first-order valence-electron chi connectivity index (χ1n) is 8.28. The summed E-state index contributed by atoms with van der Waals surface area (Å²) in [6.07, 6.45) is 6.19. The Morgan fingerprint density at radius 3 is 3.04 bits per heavy atom. The molecule has 6 heteroatoms. The van der Waals surface area contributed by atoms with Crippen LogP contribution in [0.5, 0.6) is 0 Å². The zero-order valence-corrected chi connectivity index (χ0v) is 14.3. The van der Waals surface area contributed by atoms with Crippen LogP contribution in [0, 0.1) is 6.92 Å². The number of aryl methyl sites for hydroxylation is 1. The van der Waals surface area contributed by atoms with Crippen molar-refractivity contribution < 1.29 is 4.79 Å². The van der Waals surface area contributed by atoms with Gasteiger partial charge in [-0.1, -0.05) is 6.92 Å². The minimum absolute atomic E-state index is 0.227. The molecule has 1 aliphatic rings. The minimum Gasteiger partial charge on any atom is -0.356 e. The van der Waals surface area contributed by atoms with Crippen molar-refractivity contribution in [2.75, 3.05) is 26.7 Å². The molecule has 2 N–H and O–H groups in total. The maximum Gasteiger partial charge on any atom is 0.222 e. The van der Waals surface area contributed by atoms with Gasteiger partial charge >= 0.3 is 0 Å². The molecule has 0 saturated carbocycles. The molecule has 2 heterocycles. The lowest BCUT2D eigenvalue weighted by molar-refractivity contribution is -0.129. The summed E-state index contributed by atoms with van der Waals surface area (Å²) in [5.74, 6) is 1.03. The highest BCUT2D eigenvalue weighted by atomic mass is 16.2. The number of nitrogens with one attached hydrogen (secondary N) is 2. The smallest absolute Gasteiger partial charge is 0.222 e. The highest BCUT2D eigenvalue weighted by Crippen LogP contribution is 2.10. The summed E-state index contributed by atoms with van der Waals surface area (Å²) in [5.41, 5.74) is 2.50. The number of aromatic nitrogens is 1. The largest absolute Gasteiger partial charge is 0.356 e. The standard InChI is InChI=1S/C17H27N5O/c1-4-16(23)22-10-7-15(12-22)21-17(18-3)20-9-6-14-5-8-19-11-13(14)2/h5,8,11,15H,4,6-7,9-10,12H2,1-3H3,(H2,18,20,21). The Kier molecular flexibility index (Phi) is 6.38. The molecular weight excluding hydrogens is 290 g/mol. The predicted octanol–water partition coefficient (Wildman–Crippen LogP) is 1.11. The van der Waals surface area contributed by atoms with Gasteiger partial charge in [0.1, 0.15) is 0 Å². The number of rotatable bonds is 5. The minimum atomic E-state index is 0.227. The summed E-state index contributed by atoms with van der Waals surface area (Å²) in [6, 6.07) is 2.33. The van der Waals surface area contributed by atoms with Gasteiger partial charge in [-0.15, -0.1) is 0 Å². The van der Waals surface area contributed by atoms with E-state index in [1.807, 2.05) is 24.2 Å². The van der Waals surface area contributed by atoms with Gasteiger partial charge in [-0.25, -0.2) is 0 Å². The van der Waals surface area contributed by atoms with Crippen LogP contribution in [0.2, 0.25) is 0 Å². The molecule has 0 radical (unpaired) electrons. The number of carbonyl (C=O) groups excluding carboxylic acids is 1. The predicted molar refractivity (Wildman–Crippen MR) is 92.5 cm³/mol. The van der Waals surface area contributed by atoms with Crippen molar-refractivity contribution in [1.82, 2.24) is 20.5 Å². The van der Waals surface area contributed by atoms with Crippen molar-refractivity contribution in [3.63, 3.8) is 0 Å². The Balaban J connectivity index is 1.76. The Labute approximate surface area is 138 Å². The molecule has 1 saturated heterocycles. The van der Waals surface area contributed by atoms with Gasteiger partial charge in [0.05, 0.1) is 0 Å². The molecule has 23 heavy (non-hydrogen) atoms. The summed E-state index contributed by atoms with van der Waals surface area (Å²) in [5, 5.41) is 6.75. The highest BCUT2D eigenvalue weighted by Gasteiger charge is 2.25. The van der Waals surface area contributed by atoms with Gasteiger partial charge in [0, 0.05) is 51.5 Å². The second-order valence-corrected chi connectivity index (χ2v) is 5.87. The van der Waals surface area contributed by atoms with Crippen LogP contribution in [-0.2, 0) is 11.2 Å². The quantitative estimate of drug-likeness (QED) is 0.630. The molecule has 1 unspecified atom stereocenters. The zero-order chi connectivity index (χ0) is 16.7. The van der Waals surface area contributed by atoms with Crippen LogP contribution in [0.25, 0.3) is 0 Å². The number of amides is 1. The lowest BCUT2D eigenvalue weighted by Gasteiger charge is -2.18. The van der Waals surface area contributed by atoms with E-state index in [0.29, 0.717) is 6.42 Å². The molecule has 1 aromatic heterocycles. The molecule has 1 atom stereocenters. The third-order valence-electron chi connectivity index (χ3n) is 4.23. The maximum absolute atomic E-state index is 11.7. The van der Waals surface area contributed by atoms with Gasteiger partial charge in [0.2, 0.25) is 5.91 Å². The number of carbonyl (C=O) groups is 1. The number of hydrogen-bond donors (Lipinski definition) is 2. The topological polar surface area (TPSA) is 69.6 Å². The van der Waals surface area contributed by atoms with Crippen molar-refractivity contribution in [2.45, 2.75) is 39.2 Å². The molecule has 1 aromatic rings. The second kappa shape index (κ2) is 8.50. The average molecular weight is 317 g/mol. The fourth-order valence-electron chi connectivity index (χ4n) is 2.81. The van der Waals surface area contributed by atoms with Crippen LogP contribution in [0.15, 0.2) is 23.5 Å². The van der Waals surface area contributed by atoms with Crippen molar-refractivity contribution in [2.24, 2.45) is 4.99 Å². The lowest BCUT2D eigenvalue weighted by atomic mass is 10.1. The summed E-state index contributed by atoms with van der Waals surface area (Å²) in [6.45, 7) is 6.39. The van der Waals surface area contributed by atoms with E-state index >= 15 is 0 Å². The molecule has 1 amide bonds. The van der Waals surface area contributed by atoms with E-state index < -0.39 is 0 Å². The summed E-state index contributed by atoms with van der Waals surface area (Å²) in [4.78, 5) is 22.0. The number of aliphatic imine (C=N–C) groups is 1. The Morgan fingerprint density at radius 2 is 2.35 bits per heavy atom. The van der Waals surface area contributed by atoms with E-state index in [9.17, 15) is 4.79 Å². The molecule has 1 aliphatic heterocycles. The van der Waals surface area contributed by atoms with Crippen molar-refractivity contribution in [3.05, 3.63) is 29.6 Å². The van der Waals surface area contributed by atoms with E-state index in [1.165, 1.54) is 11.1 Å². The van der Waals surface area contributed by atoms with Crippen molar-refractivity contribution in [1.29, 1.82) is 0 Å². The molecule has 2 rings (SSSR count). The summed E-state index contributed by atoms with van der Waals surface area (Å²) in [7, 11) is 1.77. The third-order valence-corrected chi connectivity index (χ3v) is 4.23. The maximum atomic E-state index is 11.7. The van der Waals surface area contributed by atoms with Crippen LogP contribution in [0.4, 0.5) is 0 Å². The van der Waals surface area contributed by atoms with E-state index in [-0.39, 0.29) is 11.9 Å². The van der Waals surface area contributed by atoms with Crippen LogP contribution < -0.4 is 10.6 Å². The Hall–Kier alpha value is -2.11. The summed E-state index contributed by atoms with van der Waals surface area (Å²) < 4.78 is 0. The number of nitrogens with zero attached hydrogens (tertiary/aromatic N) is 3. The fourth-order valence-corrected chi connectivity index (χ4v) is 2.81. The molecule has 0 aliphatic carbocycles. The Morgan fingerprint density at radius 1 is 1.52 bits per heavy atom. The van der Waals surface area contributed by atoms with Gasteiger partial charge in [-0.2, -0.15) is 0 Å². The van der Waals surface area contributed by atoms with Gasteiger partial charge < -0.3 is 15.5 Å². The van der Waals surface area contributed by atoms with E-state index in [0.717, 1.165) is 38.4 Å². The zero-order valence-electron chi connectivity index (χ0n) is 14.3. The molecule has 1 fully saturated rings. The first-order valence-corrected chi connectivity index (χ1v) is 8.28. The molecule has 0 spiro atoms. The SMILES string of the molecule is CCC(=O)N1CCC(NC(=NC)NCCc2ccncc2C)C1. The van der Waals surface area contributed by atoms with Crippen LogP contribution in [-0.4, -0.2) is 54.5 Å². The molecule has 0 bridgehead atoms. The van der Waals surface area contributed by atoms with Gasteiger partial charge in [0.15, 0.2) is 5.96 Å². The lowest BCUT2D eigenvalue weighted by Crippen LogP contribution is -2.45. The summed E-state index contributed by atoms with van der Waals surface area (Å²) >= 11 is 0. The van der Waals surface area contributed by atoms with Crippen LogP contribution in [0.1, 0.15) is 30.9 Å². The van der Waals surface area contributed by atoms with Crippen molar-refractivity contribution >= 4 is 11.9 Å². The highest BCUT2D eigenvalue weighted by molar-refractivity contribution is 5.80. The average Bonchev–Trinajstić information content (AvgIpc) is 3.03. The van der Waals surface area contributed by atoms with Crippen LogP contribution >= 0.6 is 0 Å². The van der Waals surface area contributed by atoms with Gasteiger partial charge in [-0.3, -0.25) is 14.8 Å². The molecule has 0 aromatic carbocycles. The van der Waals surface area contributed by atoms with Crippen LogP contribution in [0.3, 0.4) is 0 Å². The normalized spacial score (nSPS) is 18.1. The monoisotopic (exact) mass is 317 g/mol. The second-order valence-electron chi connectivity index (χ2n) is 5.87. The van der Waals surface area contributed by atoms with E-state index in [4.69, 9.17) is 0 Å².